The molecule has 0 aliphatic carbocycles. The van der Waals surface area contributed by atoms with Crippen LogP contribution in [0.15, 0.2) is 24.3 Å². The second-order valence-corrected chi connectivity index (χ2v) is 5.59. The van der Waals surface area contributed by atoms with Gasteiger partial charge in [0.15, 0.2) is 11.6 Å². The van der Waals surface area contributed by atoms with Crippen LogP contribution in [0.3, 0.4) is 0 Å². The van der Waals surface area contributed by atoms with Gasteiger partial charge in [-0.3, -0.25) is 4.79 Å². The van der Waals surface area contributed by atoms with Crippen LogP contribution in [0.25, 0.3) is 0 Å². The molecule has 0 radical (unpaired) electrons. The SMILES string of the molecule is COc1cc(Nc2nc(NC(C)CN)c(F)cc2C(N)=O)cc(OC)c1. The third kappa shape index (κ3) is 4.51. The highest BCUT2D eigenvalue weighted by Crippen LogP contribution is 2.29. The second-order valence-electron chi connectivity index (χ2n) is 5.59. The van der Waals surface area contributed by atoms with Gasteiger partial charge in [-0.05, 0) is 13.0 Å². The van der Waals surface area contributed by atoms with E-state index < -0.39 is 11.7 Å². The van der Waals surface area contributed by atoms with Crippen molar-refractivity contribution in [3.63, 3.8) is 0 Å². The van der Waals surface area contributed by atoms with Crippen molar-refractivity contribution in [1.29, 1.82) is 0 Å². The Bertz CT molecular complexity index is 778. The van der Waals surface area contributed by atoms with Crippen LogP contribution in [0.2, 0.25) is 0 Å². The molecular formula is C17H22FN5O3. The summed E-state index contributed by atoms with van der Waals surface area (Å²) in [7, 11) is 3.03. The smallest absolute Gasteiger partial charge is 0.252 e. The summed E-state index contributed by atoms with van der Waals surface area (Å²) < 4.78 is 24.6. The largest absolute Gasteiger partial charge is 0.497 e. The van der Waals surface area contributed by atoms with E-state index >= 15 is 0 Å². The molecule has 1 unspecified atom stereocenters. The Morgan fingerprint density at radius 1 is 1.19 bits per heavy atom. The second kappa shape index (κ2) is 8.34. The number of hydrogen-bond donors (Lipinski definition) is 4. The minimum absolute atomic E-state index is 0.0367. The molecule has 2 rings (SSSR count). The number of amides is 1. The average molecular weight is 363 g/mol. The third-order valence-electron chi connectivity index (χ3n) is 3.59. The molecule has 9 heteroatoms. The van der Waals surface area contributed by atoms with Gasteiger partial charge in [0, 0.05) is 36.5 Å². The first kappa shape index (κ1) is 19.3. The van der Waals surface area contributed by atoms with Gasteiger partial charge < -0.3 is 31.6 Å². The van der Waals surface area contributed by atoms with E-state index in [2.05, 4.69) is 15.6 Å². The molecule has 0 bridgehead atoms. The number of pyridine rings is 1. The van der Waals surface area contributed by atoms with Crippen LogP contribution < -0.4 is 31.6 Å². The first-order valence-electron chi connectivity index (χ1n) is 7.85. The van der Waals surface area contributed by atoms with Crippen molar-refractivity contribution >= 4 is 23.2 Å². The normalized spacial score (nSPS) is 11.6. The lowest BCUT2D eigenvalue weighted by Gasteiger charge is -2.16. The molecule has 8 nitrogen and oxygen atoms in total. The van der Waals surface area contributed by atoms with Gasteiger partial charge in [0.1, 0.15) is 17.3 Å². The van der Waals surface area contributed by atoms with Crippen molar-refractivity contribution in [2.45, 2.75) is 13.0 Å². The lowest BCUT2D eigenvalue weighted by molar-refractivity contribution is 0.100. The number of anilines is 3. The standard InChI is InChI=1S/C17H22FN5O3/c1-9(8-19)21-17-14(18)7-13(15(20)24)16(23-17)22-10-4-11(25-2)6-12(5-10)26-3/h4-7,9H,8,19H2,1-3H3,(H2,20,24)(H2,21,22,23). The number of nitrogens with one attached hydrogen (secondary N) is 2. The van der Waals surface area contributed by atoms with Crippen LogP contribution in [0.4, 0.5) is 21.7 Å². The van der Waals surface area contributed by atoms with Crippen LogP contribution in [0.1, 0.15) is 17.3 Å². The van der Waals surface area contributed by atoms with Crippen LogP contribution in [-0.2, 0) is 0 Å². The van der Waals surface area contributed by atoms with Crippen molar-refractivity contribution in [3.05, 3.63) is 35.6 Å². The molecule has 1 aromatic heterocycles. The first-order valence-corrected chi connectivity index (χ1v) is 7.85. The molecule has 0 aliphatic rings. The minimum atomic E-state index is -0.813. The quantitative estimate of drug-likeness (QED) is 0.564. The Labute approximate surface area is 150 Å². The van der Waals surface area contributed by atoms with Gasteiger partial charge in [0.05, 0.1) is 19.8 Å². The number of nitrogens with zero attached hydrogens (tertiary/aromatic N) is 1. The molecular weight excluding hydrogens is 341 g/mol. The predicted molar refractivity (Wildman–Crippen MR) is 97.7 cm³/mol. The molecule has 0 saturated heterocycles. The Kier molecular flexibility index (Phi) is 6.18. The summed E-state index contributed by atoms with van der Waals surface area (Å²) >= 11 is 0. The number of rotatable bonds is 8. The van der Waals surface area contributed by atoms with Crippen LogP contribution in [0.5, 0.6) is 11.5 Å². The zero-order valence-electron chi connectivity index (χ0n) is 14.8. The fraction of sp³-hybridized carbons (Fsp3) is 0.294. The molecule has 1 aromatic carbocycles. The van der Waals surface area contributed by atoms with Crippen LogP contribution >= 0.6 is 0 Å². The fourth-order valence-corrected chi connectivity index (χ4v) is 2.18. The van der Waals surface area contributed by atoms with E-state index in [0.29, 0.717) is 17.2 Å². The Balaban J connectivity index is 2.46. The van der Waals surface area contributed by atoms with Crippen molar-refractivity contribution in [2.24, 2.45) is 11.5 Å². The highest BCUT2D eigenvalue weighted by molar-refractivity contribution is 5.98. The van der Waals surface area contributed by atoms with Crippen LogP contribution in [-0.4, -0.2) is 37.7 Å². The van der Waals surface area contributed by atoms with Crippen molar-refractivity contribution in [2.75, 3.05) is 31.4 Å². The zero-order valence-corrected chi connectivity index (χ0v) is 14.8. The van der Waals surface area contributed by atoms with E-state index in [-0.39, 0.29) is 29.8 Å². The summed E-state index contributed by atoms with van der Waals surface area (Å²) in [6.07, 6.45) is 0. The molecule has 2 aromatic rings. The van der Waals surface area contributed by atoms with E-state index in [1.54, 1.807) is 25.1 Å². The summed E-state index contributed by atoms with van der Waals surface area (Å²) in [6.45, 7) is 2.07. The van der Waals surface area contributed by atoms with Gasteiger partial charge in [-0.15, -0.1) is 0 Å². The van der Waals surface area contributed by atoms with E-state index in [0.717, 1.165) is 6.07 Å². The Hall–Kier alpha value is -3.07. The topological polar surface area (TPSA) is 125 Å². The molecule has 140 valence electrons. The summed E-state index contributed by atoms with van der Waals surface area (Å²) in [5.41, 5.74) is 11.3. The molecule has 0 aliphatic heterocycles. The number of ether oxygens (including phenoxy) is 2. The number of nitrogens with two attached hydrogens (primary N) is 2. The van der Waals surface area contributed by atoms with Gasteiger partial charge in [0.2, 0.25) is 0 Å². The number of carbonyl (C=O) groups excluding carboxylic acids is 1. The molecule has 6 N–H and O–H groups in total. The minimum Gasteiger partial charge on any atom is -0.497 e. The monoisotopic (exact) mass is 363 g/mol. The maximum Gasteiger partial charge on any atom is 0.252 e. The van der Waals surface area contributed by atoms with E-state index in [1.165, 1.54) is 14.2 Å². The first-order chi connectivity index (χ1) is 12.4. The number of hydrogen-bond acceptors (Lipinski definition) is 7. The number of benzene rings is 1. The Morgan fingerprint density at radius 3 is 2.31 bits per heavy atom. The highest BCUT2D eigenvalue weighted by Gasteiger charge is 2.17. The highest BCUT2D eigenvalue weighted by atomic mass is 19.1. The van der Waals surface area contributed by atoms with E-state index in [1.807, 2.05) is 0 Å². The summed E-state index contributed by atoms with van der Waals surface area (Å²) in [6, 6.07) is 5.86. The molecule has 0 saturated carbocycles. The van der Waals surface area contributed by atoms with Gasteiger partial charge in [0.25, 0.3) is 5.91 Å². The maximum absolute atomic E-state index is 14.2. The number of primary amides is 1. The van der Waals surface area contributed by atoms with Gasteiger partial charge in [-0.25, -0.2) is 9.37 Å². The average Bonchev–Trinajstić information content (AvgIpc) is 2.63. The fourth-order valence-electron chi connectivity index (χ4n) is 2.18. The molecule has 1 atom stereocenters. The summed E-state index contributed by atoms with van der Waals surface area (Å²) in [4.78, 5) is 15.8. The van der Waals surface area contributed by atoms with E-state index in [9.17, 15) is 9.18 Å². The van der Waals surface area contributed by atoms with Crippen molar-refractivity contribution in [3.8, 4) is 11.5 Å². The number of methoxy groups -OCH3 is 2. The maximum atomic E-state index is 14.2. The van der Waals surface area contributed by atoms with E-state index in [4.69, 9.17) is 20.9 Å². The van der Waals surface area contributed by atoms with Crippen molar-refractivity contribution < 1.29 is 18.7 Å². The third-order valence-corrected chi connectivity index (χ3v) is 3.59. The molecule has 26 heavy (non-hydrogen) atoms. The zero-order chi connectivity index (χ0) is 19.3. The van der Waals surface area contributed by atoms with Gasteiger partial charge >= 0.3 is 0 Å². The van der Waals surface area contributed by atoms with Gasteiger partial charge in [-0.2, -0.15) is 0 Å². The molecule has 0 fully saturated rings. The summed E-state index contributed by atoms with van der Waals surface area (Å²) in [5.74, 6) is -0.388. The Morgan fingerprint density at radius 2 is 1.81 bits per heavy atom. The lowest BCUT2D eigenvalue weighted by Crippen LogP contribution is -2.26. The summed E-state index contributed by atoms with van der Waals surface area (Å²) in [5, 5.41) is 5.80. The number of aromatic nitrogens is 1. The molecule has 1 amide bonds. The van der Waals surface area contributed by atoms with Crippen LogP contribution in [0, 0.1) is 5.82 Å². The number of carbonyl (C=O) groups is 1. The molecule has 0 spiro atoms. The predicted octanol–water partition coefficient (Wildman–Crippen LogP) is 1.84. The lowest BCUT2D eigenvalue weighted by atomic mass is 10.2. The van der Waals surface area contributed by atoms with Crippen molar-refractivity contribution in [1.82, 2.24) is 4.98 Å². The number of halogens is 1. The van der Waals surface area contributed by atoms with Gasteiger partial charge in [-0.1, -0.05) is 0 Å². The molecule has 1 heterocycles.